The number of ether oxygens (including phenoxy) is 1. The number of hydrogen-bond acceptors (Lipinski definition) is 3. The van der Waals surface area contributed by atoms with E-state index in [4.69, 9.17) is 4.74 Å². The SMILES string of the molecule is CC(C)CCCOC(=O)Cc1cc(C(C)(C)C)c(O)c(C(C)(C)C)c1. The van der Waals surface area contributed by atoms with Crippen LogP contribution in [0.1, 0.15) is 84.9 Å². The van der Waals surface area contributed by atoms with E-state index < -0.39 is 0 Å². The van der Waals surface area contributed by atoms with Gasteiger partial charge in [-0.3, -0.25) is 4.79 Å². The molecule has 25 heavy (non-hydrogen) atoms. The van der Waals surface area contributed by atoms with Gasteiger partial charge in [-0.25, -0.2) is 0 Å². The topological polar surface area (TPSA) is 46.5 Å². The van der Waals surface area contributed by atoms with Gasteiger partial charge in [-0.15, -0.1) is 0 Å². The minimum atomic E-state index is -0.200. The van der Waals surface area contributed by atoms with Crippen LogP contribution < -0.4 is 0 Å². The summed E-state index contributed by atoms with van der Waals surface area (Å²) in [6.07, 6.45) is 2.21. The molecule has 1 aromatic rings. The smallest absolute Gasteiger partial charge is 0.310 e. The molecule has 0 heterocycles. The van der Waals surface area contributed by atoms with Gasteiger partial charge in [0.25, 0.3) is 0 Å². The van der Waals surface area contributed by atoms with Gasteiger partial charge in [-0.05, 0) is 46.3 Å². The van der Waals surface area contributed by atoms with Crippen LogP contribution in [0.15, 0.2) is 12.1 Å². The van der Waals surface area contributed by atoms with Crippen LogP contribution in [0.25, 0.3) is 0 Å². The fourth-order valence-electron chi connectivity index (χ4n) is 2.84. The van der Waals surface area contributed by atoms with Crippen LogP contribution in [0, 0.1) is 5.92 Å². The molecule has 0 atom stereocenters. The molecule has 1 rings (SSSR count). The van der Waals surface area contributed by atoms with Gasteiger partial charge in [-0.2, -0.15) is 0 Å². The van der Waals surface area contributed by atoms with Crippen LogP contribution in [-0.4, -0.2) is 17.7 Å². The van der Waals surface area contributed by atoms with Crippen molar-refractivity contribution in [3.63, 3.8) is 0 Å². The zero-order valence-corrected chi connectivity index (χ0v) is 17.3. The summed E-state index contributed by atoms with van der Waals surface area (Å²) in [5, 5.41) is 10.7. The molecule has 0 aromatic heterocycles. The van der Waals surface area contributed by atoms with Crippen LogP contribution in [-0.2, 0) is 26.8 Å². The Morgan fingerprint density at radius 3 is 1.92 bits per heavy atom. The van der Waals surface area contributed by atoms with Crippen LogP contribution in [0.5, 0.6) is 5.75 Å². The first kappa shape index (κ1) is 21.5. The normalized spacial score (nSPS) is 12.5. The Balaban J connectivity index is 2.98. The summed E-state index contributed by atoms with van der Waals surface area (Å²) >= 11 is 0. The number of carbonyl (C=O) groups excluding carboxylic acids is 1. The van der Waals surface area contributed by atoms with Crippen molar-refractivity contribution in [3.05, 3.63) is 28.8 Å². The Labute approximate surface area is 153 Å². The highest BCUT2D eigenvalue weighted by molar-refractivity contribution is 5.73. The highest BCUT2D eigenvalue weighted by Crippen LogP contribution is 2.39. The number of esters is 1. The average Bonchev–Trinajstić information content (AvgIpc) is 2.42. The molecule has 0 bridgehead atoms. The lowest BCUT2D eigenvalue weighted by atomic mass is 9.78. The summed E-state index contributed by atoms with van der Waals surface area (Å²) < 4.78 is 5.38. The van der Waals surface area contributed by atoms with Gasteiger partial charge in [0.1, 0.15) is 5.75 Å². The van der Waals surface area contributed by atoms with Crippen molar-refractivity contribution in [1.29, 1.82) is 0 Å². The van der Waals surface area contributed by atoms with Gasteiger partial charge in [0.15, 0.2) is 0 Å². The Kier molecular flexibility index (Phi) is 7.10. The van der Waals surface area contributed by atoms with Gasteiger partial charge in [0.05, 0.1) is 13.0 Å². The van der Waals surface area contributed by atoms with Gasteiger partial charge in [-0.1, -0.05) is 67.5 Å². The van der Waals surface area contributed by atoms with Gasteiger partial charge in [0.2, 0.25) is 0 Å². The number of phenolic OH excluding ortho intramolecular Hbond substituents is 1. The molecule has 0 spiro atoms. The minimum absolute atomic E-state index is 0.193. The van der Waals surface area contributed by atoms with E-state index in [9.17, 15) is 9.90 Å². The molecule has 0 fully saturated rings. The van der Waals surface area contributed by atoms with Crippen LogP contribution in [0.2, 0.25) is 0 Å². The van der Waals surface area contributed by atoms with Crippen LogP contribution >= 0.6 is 0 Å². The molecule has 0 radical (unpaired) electrons. The molecule has 0 saturated heterocycles. The fraction of sp³-hybridized carbons (Fsp3) is 0.682. The fourth-order valence-corrected chi connectivity index (χ4v) is 2.84. The third kappa shape index (κ3) is 6.72. The quantitative estimate of drug-likeness (QED) is 0.545. The number of carbonyl (C=O) groups is 1. The third-order valence-corrected chi connectivity index (χ3v) is 4.32. The zero-order valence-electron chi connectivity index (χ0n) is 17.3. The van der Waals surface area contributed by atoms with Crippen molar-refractivity contribution >= 4 is 5.97 Å². The second-order valence-corrected chi connectivity index (χ2v) is 9.47. The van der Waals surface area contributed by atoms with Gasteiger partial charge < -0.3 is 9.84 Å². The summed E-state index contributed by atoms with van der Waals surface area (Å²) in [5.41, 5.74) is 2.27. The van der Waals surface area contributed by atoms with E-state index in [1.54, 1.807) is 0 Å². The molecular weight excluding hydrogens is 312 g/mol. The highest BCUT2D eigenvalue weighted by Gasteiger charge is 2.27. The summed E-state index contributed by atoms with van der Waals surface area (Å²) in [6, 6.07) is 3.89. The Morgan fingerprint density at radius 2 is 1.52 bits per heavy atom. The van der Waals surface area contributed by atoms with E-state index in [2.05, 4.69) is 55.4 Å². The second-order valence-electron chi connectivity index (χ2n) is 9.47. The van der Waals surface area contributed by atoms with Crippen molar-refractivity contribution in [2.75, 3.05) is 6.61 Å². The zero-order chi connectivity index (χ0) is 19.4. The third-order valence-electron chi connectivity index (χ3n) is 4.32. The van der Waals surface area contributed by atoms with Crippen molar-refractivity contribution in [3.8, 4) is 5.75 Å². The van der Waals surface area contributed by atoms with E-state index in [1.165, 1.54) is 0 Å². The molecule has 3 heteroatoms. The Bertz CT molecular complexity index is 551. The molecule has 0 aliphatic rings. The number of aromatic hydroxyl groups is 1. The predicted octanol–water partition coefficient (Wildman–Crippen LogP) is 5.51. The minimum Gasteiger partial charge on any atom is -0.507 e. The molecule has 0 aliphatic carbocycles. The second kappa shape index (κ2) is 8.25. The van der Waals surface area contributed by atoms with Crippen molar-refractivity contribution in [1.82, 2.24) is 0 Å². The first-order valence-electron chi connectivity index (χ1n) is 9.35. The summed E-state index contributed by atoms with van der Waals surface area (Å²) in [6.45, 7) is 17.2. The summed E-state index contributed by atoms with van der Waals surface area (Å²) in [5.74, 6) is 0.766. The molecule has 0 saturated carbocycles. The molecule has 0 unspecified atom stereocenters. The first-order valence-corrected chi connectivity index (χ1v) is 9.35. The maximum Gasteiger partial charge on any atom is 0.310 e. The van der Waals surface area contributed by atoms with Gasteiger partial charge in [0, 0.05) is 0 Å². The van der Waals surface area contributed by atoms with Gasteiger partial charge >= 0.3 is 5.97 Å². The standard InChI is InChI=1S/C22H36O3/c1-15(2)10-9-11-25-19(23)14-16-12-17(21(3,4)5)20(24)18(13-16)22(6,7)8/h12-13,15,24H,9-11,14H2,1-8H3. The molecule has 0 amide bonds. The molecule has 1 N–H and O–H groups in total. The summed E-state index contributed by atoms with van der Waals surface area (Å²) in [7, 11) is 0. The van der Waals surface area contributed by atoms with Crippen molar-refractivity contribution < 1.29 is 14.6 Å². The molecule has 142 valence electrons. The van der Waals surface area contributed by atoms with E-state index in [1.807, 2.05) is 12.1 Å². The predicted molar refractivity (Wildman–Crippen MR) is 104 cm³/mol. The van der Waals surface area contributed by atoms with E-state index in [-0.39, 0.29) is 23.2 Å². The number of rotatable bonds is 6. The highest BCUT2D eigenvalue weighted by atomic mass is 16.5. The molecule has 1 aromatic carbocycles. The molecular formula is C22H36O3. The first-order chi connectivity index (χ1) is 11.3. The lowest BCUT2D eigenvalue weighted by Crippen LogP contribution is -2.19. The molecule has 3 nitrogen and oxygen atoms in total. The largest absolute Gasteiger partial charge is 0.507 e. The maximum absolute atomic E-state index is 12.2. The average molecular weight is 349 g/mol. The number of phenols is 1. The van der Waals surface area contributed by atoms with E-state index in [0.717, 1.165) is 29.5 Å². The van der Waals surface area contributed by atoms with Crippen LogP contribution in [0.4, 0.5) is 0 Å². The lowest BCUT2D eigenvalue weighted by Gasteiger charge is -2.28. The Hall–Kier alpha value is -1.51. The number of hydrogen-bond donors (Lipinski definition) is 1. The maximum atomic E-state index is 12.2. The molecule has 0 aliphatic heterocycles. The Morgan fingerprint density at radius 1 is 1.04 bits per heavy atom. The van der Waals surface area contributed by atoms with E-state index >= 15 is 0 Å². The lowest BCUT2D eigenvalue weighted by molar-refractivity contribution is -0.143. The van der Waals surface area contributed by atoms with Crippen molar-refractivity contribution in [2.24, 2.45) is 5.92 Å². The summed E-state index contributed by atoms with van der Waals surface area (Å²) in [4.78, 5) is 12.2. The van der Waals surface area contributed by atoms with E-state index in [0.29, 0.717) is 18.3 Å². The van der Waals surface area contributed by atoms with Crippen molar-refractivity contribution in [2.45, 2.75) is 85.5 Å². The monoisotopic (exact) mass is 348 g/mol. The number of benzene rings is 1. The van der Waals surface area contributed by atoms with Crippen LogP contribution in [0.3, 0.4) is 0 Å².